The van der Waals surface area contributed by atoms with Crippen LogP contribution in [0.15, 0.2) is 0 Å². The first-order valence-corrected chi connectivity index (χ1v) is 15.2. The molecule has 0 spiro atoms. The summed E-state index contributed by atoms with van der Waals surface area (Å²) in [7, 11) is -1.13. The quantitative estimate of drug-likeness (QED) is 0.715. The van der Waals surface area contributed by atoms with Gasteiger partial charge in [0.05, 0.1) is 35.5 Å². The van der Waals surface area contributed by atoms with Gasteiger partial charge < -0.3 is 14.2 Å². The lowest BCUT2D eigenvalue weighted by Crippen LogP contribution is -2.48. The van der Waals surface area contributed by atoms with Gasteiger partial charge in [-0.05, 0) is 30.3 Å². The van der Waals surface area contributed by atoms with Gasteiger partial charge in [0.15, 0.2) is 6.29 Å². The molecule has 0 unspecified atom stereocenters. The van der Waals surface area contributed by atoms with Gasteiger partial charge >= 0.3 is 0 Å². The van der Waals surface area contributed by atoms with E-state index in [0.717, 1.165) is 13.0 Å². The molecule has 1 saturated carbocycles. The van der Waals surface area contributed by atoms with E-state index in [1.165, 1.54) is 17.0 Å². The van der Waals surface area contributed by atoms with Crippen LogP contribution in [-0.4, -0.2) is 48.9 Å². The van der Waals surface area contributed by atoms with Crippen LogP contribution in [0.25, 0.3) is 0 Å². The van der Waals surface area contributed by atoms with Crippen molar-refractivity contribution < 1.29 is 14.2 Å². The minimum atomic E-state index is -1.43. The van der Waals surface area contributed by atoms with Gasteiger partial charge in [0.25, 0.3) is 0 Å². The fourth-order valence-electron chi connectivity index (χ4n) is 3.10. The van der Waals surface area contributed by atoms with Crippen molar-refractivity contribution in [1.29, 1.82) is 0 Å². The number of ether oxygens (including phenoxy) is 3. The number of hydrogen-bond donors (Lipinski definition) is 0. The summed E-state index contributed by atoms with van der Waals surface area (Å²) in [4.78, 5) is 0. The summed E-state index contributed by atoms with van der Waals surface area (Å²) in [5, 5.41) is 0. The van der Waals surface area contributed by atoms with Crippen LogP contribution < -0.4 is 0 Å². The maximum Gasteiger partial charge on any atom is 0.164 e. The largest absolute Gasteiger partial charge is 0.382 e. The lowest BCUT2D eigenvalue weighted by molar-refractivity contribution is -0.210. The van der Waals surface area contributed by atoms with Gasteiger partial charge in [-0.2, -0.15) is 0 Å². The molecule has 0 aromatic heterocycles. The number of hydrogen-bond acceptors (Lipinski definition) is 3. The highest BCUT2D eigenvalue weighted by Crippen LogP contribution is 2.52. The Kier molecular flexibility index (Phi) is 5.98. The molecule has 0 aromatic rings. The summed E-state index contributed by atoms with van der Waals surface area (Å²) in [6, 6.07) is 0. The molecule has 1 aliphatic carbocycles. The Morgan fingerprint density at radius 1 is 1.05 bits per heavy atom. The van der Waals surface area contributed by atoms with Crippen LogP contribution >= 0.6 is 0 Å². The van der Waals surface area contributed by atoms with Crippen molar-refractivity contribution in [3.8, 4) is 0 Å². The molecule has 0 amide bonds. The summed E-state index contributed by atoms with van der Waals surface area (Å²) in [6.45, 7) is 15.8. The summed E-state index contributed by atoms with van der Waals surface area (Å²) >= 11 is 0. The van der Waals surface area contributed by atoms with E-state index in [-0.39, 0.29) is 12.4 Å². The van der Waals surface area contributed by atoms with Gasteiger partial charge in [0.1, 0.15) is 0 Å². The summed E-state index contributed by atoms with van der Waals surface area (Å²) in [5.41, 5.74) is 2.99. The Balaban J connectivity index is 2.20. The monoisotopic (exact) mass is 339 g/mol. The van der Waals surface area contributed by atoms with Crippen molar-refractivity contribution in [2.75, 3.05) is 20.3 Å². The Hall–Kier alpha value is 0.314. The molecule has 2 aliphatic rings. The number of rotatable bonds is 5. The van der Waals surface area contributed by atoms with E-state index in [2.05, 4.69) is 52.1 Å². The van der Waals surface area contributed by atoms with Gasteiger partial charge in [0.2, 0.25) is 0 Å². The van der Waals surface area contributed by atoms with Crippen molar-refractivity contribution in [2.45, 2.75) is 58.1 Å². The highest BCUT2D eigenvalue weighted by molar-refractivity contribution is 6.86. The van der Waals surface area contributed by atoms with E-state index in [4.69, 9.17) is 14.2 Å². The SMILES string of the molecule is COC[C@@H]1CCO[C@H]([C]2[C]([Si](C)(C)C)[CH][CH][C]2[Si](C)(C)C)O1. The standard InChI is InChI=1S/C17H31O3Si2/c1-18-12-13-10-11-19-17(20-13)16-14(21(2,3)4)8-9-15(16)22(5,6)7/h8-9,13,17H,10-12H2,1-7H3/t13-,17-/m0/s1. The van der Waals surface area contributed by atoms with Crippen LogP contribution in [0.4, 0.5) is 0 Å². The van der Waals surface area contributed by atoms with E-state index >= 15 is 0 Å². The number of methoxy groups -OCH3 is 1. The predicted octanol–water partition coefficient (Wildman–Crippen LogP) is 3.66. The molecule has 0 N–H and O–H groups in total. The Labute approximate surface area is 139 Å². The van der Waals surface area contributed by atoms with Crippen LogP contribution in [0.2, 0.25) is 39.3 Å². The Morgan fingerprint density at radius 3 is 2.05 bits per heavy atom. The van der Waals surface area contributed by atoms with E-state index < -0.39 is 16.1 Å². The molecular weight excluding hydrogens is 308 g/mol. The first-order chi connectivity index (χ1) is 10.1. The maximum atomic E-state index is 6.24. The topological polar surface area (TPSA) is 27.7 Å². The van der Waals surface area contributed by atoms with Crippen LogP contribution in [0.3, 0.4) is 0 Å². The summed E-state index contributed by atoms with van der Waals surface area (Å²) in [5.74, 6) is 1.35. The molecule has 5 heteroatoms. The van der Waals surface area contributed by atoms with Crippen LogP contribution in [0.1, 0.15) is 6.42 Å². The molecule has 1 aliphatic heterocycles. The molecule has 1 saturated heterocycles. The van der Waals surface area contributed by atoms with Gasteiger partial charge in [0, 0.05) is 13.0 Å². The fraction of sp³-hybridized carbons (Fsp3) is 0.706. The molecule has 3 nitrogen and oxygen atoms in total. The van der Waals surface area contributed by atoms with Crippen LogP contribution in [0.5, 0.6) is 0 Å². The zero-order valence-corrected chi connectivity index (χ0v) is 17.2. The summed E-state index contributed by atoms with van der Waals surface area (Å²) < 4.78 is 17.6. The second kappa shape index (κ2) is 7.05. The lowest BCUT2D eigenvalue weighted by atomic mass is 10.1. The molecule has 1 heterocycles. The minimum absolute atomic E-state index is 0.141. The van der Waals surface area contributed by atoms with Crippen molar-refractivity contribution in [3.05, 3.63) is 29.8 Å². The zero-order chi connectivity index (χ0) is 16.5. The van der Waals surface area contributed by atoms with Gasteiger partial charge in [-0.15, -0.1) is 0 Å². The molecular formula is C17H31O3Si2. The smallest absolute Gasteiger partial charge is 0.164 e. The van der Waals surface area contributed by atoms with Crippen molar-refractivity contribution in [1.82, 2.24) is 0 Å². The van der Waals surface area contributed by atoms with Gasteiger partial charge in [-0.3, -0.25) is 0 Å². The lowest BCUT2D eigenvalue weighted by Gasteiger charge is -2.42. The average Bonchev–Trinajstić information content (AvgIpc) is 2.84. The fourth-order valence-corrected chi connectivity index (χ4v) is 6.51. The Bertz CT molecular complexity index is 338. The zero-order valence-electron chi connectivity index (χ0n) is 15.2. The molecule has 0 bridgehead atoms. The third kappa shape index (κ3) is 4.23. The third-order valence-corrected chi connectivity index (χ3v) is 8.33. The minimum Gasteiger partial charge on any atom is -0.382 e. The first-order valence-electron chi connectivity index (χ1n) is 8.21. The van der Waals surface area contributed by atoms with Crippen LogP contribution in [-0.2, 0) is 14.2 Å². The highest BCUT2D eigenvalue weighted by Gasteiger charge is 2.53. The molecule has 125 valence electrons. The van der Waals surface area contributed by atoms with E-state index in [9.17, 15) is 0 Å². The second-order valence-electron chi connectivity index (χ2n) is 8.28. The van der Waals surface area contributed by atoms with Crippen molar-refractivity contribution >= 4 is 16.1 Å². The van der Waals surface area contributed by atoms with Gasteiger partial charge in [-0.25, -0.2) is 0 Å². The molecule has 5 radical (unpaired) electrons. The second-order valence-corrected chi connectivity index (χ2v) is 18.4. The third-order valence-electron chi connectivity index (χ3n) is 4.23. The highest BCUT2D eigenvalue weighted by atomic mass is 28.3. The molecule has 2 fully saturated rings. The molecule has 22 heavy (non-hydrogen) atoms. The average molecular weight is 340 g/mol. The van der Waals surface area contributed by atoms with Crippen molar-refractivity contribution in [2.24, 2.45) is 0 Å². The molecule has 2 rings (SSSR count). The maximum absolute atomic E-state index is 6.24. The van der Waals surface area contributed by atoms with Crippen molar-refractivity contribution in [3.63, 3.8) is 0 Å². The van der Waals surface area contributed by atoms with E-state index in [1.807, 2.05) is 0 Å². The van der Waals surface area contributed by atoms with E-state index in [0.29, 0.717) is 6.61 Å². The van der Waals surface area contributed by atoms with Crippen LogP contribution in [0, 0.1) is 29.8 Å². The predicted molar refractivity (Wildman–Crippen MR) is 96.1 cm³/mol. The summed E-state index contributed by atoms with van der Waals surface area (Å²) in [6.07, 6.45) is 5.51. The first kappa shape index (κ1) is 18.6. The molecule has 2 atom stereocenters. The van der Waals surface area contributed by atoms with E-state index in [1.54, 1.807) is 7.11 Å². The van der Waals surface area contributed by atoms with Gasteiger partial charge in [-0.1, -0.05) is 39.3 Å². The molecule has 0 aromatic carbocycles. The normalized spacial score (nSPS) is 30.1. The Morgan fingerprint density at radius 2 is 1.59 bits per heavy atom.